The first-order valence-electron chi connectivity index (χ1n) is 7.89. The van der Waals surface area contributed by atoms with Crippen molar-refractivity contribution in [1.82, 2.24) is 15.3 Å². The van der Waals surface area contributed by atoms with Crippen LogP contribution in [0.4, 0.5) is 0 Å². The molecule has 0 aliphatic carbocycles. The zero-order chi connectivity index (χ0) is 18.7. The van der Waals surface area contributed by atoms with E-state index < -0.39 is 0 Å². The minimum Gasteiger partial charge on any atom is -0.480 e. The number of benzene rings is 1. The van der Waals surface area contributed by atoms with Gasteiger partial charge >= 0.3 is 0 Å². The molecule has 0 atom stereocenters. The molecule has 1 aromatic carbocycles. The third-order valence-electron chi connectivity index (χ3n) is 3.87. The molecule has 0 bridgehead atoms. The van der Waals surface area contributed by atoms with Gasteiger partial charge in [0.05, 0.1) is 17.4 Å². The van der Waals surface area contributed by atoms with Crippen molar-refractivity contribution in [3.8, 4) is 5.88 Å². The minimum absolute atomic E-state index is 0.180. The summed E-state index contributed by atoms with van der Waals surface area (Å²) in [6, 6.07) is 7.42. The fourth-order valence-electron chi connectivity index (χ4n) is 2.60. The van der Waals surface area contributed by atoms with Crippen molar-refractivity contribution in [2.75, 3.05) is 14.2 Å². The van der Waals surface area contributed by atoms with Crippen molar-refractivity contribution >= 4 is 39.1 Å². The third-order valence-corrected chi connectivity index (χ3v) is 5.43. The number of halogens is 1. The molecule has 0 aliphatic rings. The van der Waals surface area contributed by atoms with E-state index in [1.54, 1.807) is 20.3 Å². The fraction of sp³-hybridized carbons (Fsp3) is 0.278. The zero-order valence-corrected chi connectivity index (χ0v) is 16.2. The lowest BCUT2D eigenvalue weighted by molar-refractivity contribution is 0.0954. The van der Waals surface area contributed by atoms with E-state index in [9.17, 15) is 4.79 Å². The first-order chi connectivity index (χ1) is 12.5. The smallest absolute Gasteiger partial charge is 0.261 e. The van der Waals surface area contributed by atoms with E-state index in [1.807, 2.05) is 25.1 Å². The van der Waals surface area contributed by atoms with Crippen LogP contribution in [0.15, 0.2) is 24.3 Å². The number of nitrogens with one attached hydrogen (secondary N) is 1. The van der Waals surface area contributed by atoms with E-state index >= 15 is 0 Å². The number of hydrogen-bond acceptors (Lipinski definition) is 6. The number of amides is 1. The predicted molar refractivity (Wildman–Crippen MR) is 102 cm³/mol. The maximum atomic E-state index is 12.7. The zero-order valence-electron chi connectivity index (χ0n) is 14.6. The van der Waals surface area contributed by atoms with E-state index in [2.05, 4.69) is 15.3 Å². The molecule has 0 aliphatic heterocycles. The van der Waals surface area contributed by atoms with Gasteiger partial charge in [0.2, 0.25) is 5.88 Å². The number of fused-ring (bicyclic) bond motifs is 1. The topological polar surface area (TPSA) is 73.3 Å². The van der Waals surface area contributed by atoms with E-state index in [0.29, 0.717) is 33.0 Å². The molecule has 3 aromatic rings. The molecule has 2 aromatic heterocycles. The molecule has 136 valence electrons. The Balaban J connectivity index is 1.91. The second kappa shape index (κ2) is 7.99. The highest BCUT2D eigenvalue weighted by molar-refractivity contribution is 7.20. The van der Waals surface area contributed by atoms with Crippen LogP contribution in [0.3, 0.4) is 0 Å². The summed E-state index contributed by atoms with van der Waals surface area (Å²) >= 11 is 7.45. The summed E-state index contributed by atoms with van der Waals surface area (Å²) in [5.41, 5.74) is 1.66. The van der Waals surface area contributed by atoms with Crippen LogP contribution in [-0.2, 0) is 17.9 Å². The molecular formula is C18H18ClN3O3S. The average molecular weight is 392 g/mol. The van der Waals surface area contributed by atoms with Gasteiger partial charge in [0.15, 0.2) is 5.82 Å². The molecule has 0 fully saturated rings. The van der Waals surface area contributed by atoms with Crippen molar-refractivity contribution in [3.05, 3.63) is 51.1 Å². The van der Waals surface area contributed by atoms with Crippen LogP contribution in [0.2, 0.25) is 5.02 Å². The maximum absolute atomic E-state index is 12.7. The summed E-state index contributed by atoms with van der Waals surface area (Å²) in [4.78, 5) is 22.8. The number of thiophene rings is 1. The third kappa shape index (κ3) is 3.65. The molecular weight excluding hydrogens is 374 g/mol. The van der Waals surface area contributed by atoms with Crippen LogP contribution in [0.25, 0.3) is 10.2 Å². The highest BCUT2D eigenvalue weighted by Crippen LogP contribution is 2.35. The van der Waals surface area contributed by atoms with Crippen LogP contribution in [-0.4, -0.2) is 30.1 Å². The van der Waals surface area contributed by atoms with Crippen molar-refractivity contribution < 1.29 is 14.3 Å². The van der Waals surface area contributed by atoms with E-state index in [0.717, 1.165) is 16.5 Å². The minimum atomic E-state index is -0.180. The first kappa shape index (κ1) is 18.6. The van der Waals surface area contributed by atoms with E-state index in [-0.39, 0.29) is 12.5 Å². The van der Waals surface area contributed by atoms with E-state index in [1.165, 1.54) is 11.3 Å². The standard InChI is InChI=1S/C18H18ClN3O3S/c1-10-14-17(25-3)21-13(9-24-2)22-18(14)26-15(10)16(23)20-8-11-6-4-5-7-12(11)19/h4-7H,8-9H2,1-3H3,(H,20,23). The number of hydrogen-bond donors (Lipinski definition) is 1. The number of carbonyl (C=O) groups excluding carboxylic acids is 1. The molecule has 2 heterocycles. The number of ether oxygens (including phenoxy) is 2. The van der Waals surface area contributed by atoms with Gasteiger partial charge in [-0.1, -0.05) is 29.8 Å². The molecule has 0 radical (unpaired) electrons. The maximum Gasteiger partial charge on any atom is 0.261 e. The SMILES string of the molecule is COCc1nc(OC)c2c(C)c(C(=O)NCc3ccccc3Cl)sc2n1. The lowest BCUT2D eigenvalue weighted by Crippen LogP contribution is -2.22. The monoisotopic (exact) mass is 391 g/mol. The van der Waals surface area contributed by atoms with Crippen LogP contribution in [0, 0.1) is 6.92 Å². The van der Waals surface area contributed by atoms with Crippen molar-refractivity contribution in [1.29, 1.82) is 0 Å². The Labute approximate surface area is 160 Å². The van der Waals surface area contributed by atoms with Crippen molar-refractivity contribution in [2.45, 2.75) is 20.1 Å². The largest absolute Gasteiger partial charge is 0.480 e. The van der Waals surface area contributed by atoms with Crippen LogP contribution >= 0.6 is 22.9 Å². The molecule has 8 heteroatoms. The summed E-state index contributed by atoms with van der Waals surface area (Å²) < 4.78 is 10.5. The number of aryl methyl sites for hydroxylation is 1. The van der Waals surface area contributed by atoms with Gasteiger partial charge in [-0.2, -0.15) is 4.98 Å². The number of nitrogens with zero attached hydrogens (tertiary/aromatic N) is 2. The Morgan fingerprint density at radius 1 is 1.27 bits per heavy atom. The highest BCUT2D eigenvalue weighted by Gasteiger charge is 2.21. The van der Waals surface area contributed by atoms with Crippen LogP contribution in [0.1, 0.15) is 26.6 Å². The Kier molecular flexibility index (Phi) is 5.70. The molecule has 0 saturated heterocycles. The molecule has 6 nitrogen and oxygen atoms in total. The summed E-state index contributed by atoms with van der Waals surface area (Å²) in [6.45, 7) is 2.49. The fourth-order valence-corrected chi connectivity index (χ4v) is 3.91. The quantitative estimate of drug-likeness (QED) is 0.692. The lowest BCUT2D eigenvalue weighted by atomic mass is 10.2. The Morgan fingerprint density at radius 2 is 2.04 bits per heavy atom. The second-order valence-corrected chi connectivity index (χ2v) is 7.00. The number of rotatable bonds is 6. The average Bonchev–Trinajstić information content (AvgIpc) is 2.97. The second-order valence-electron chi connectivity index (χ2n) is 5.59. The Hall–Kier alpha value is -2.22. The van der Waals surface area contributed by atoms with Gasteiger partial charge in [-0.05, 0) is 24.1 Å². The molecule has 0 spiro atoms. The van der Waals surface area contributed by atoms with Gasteiger partial charge in [-0.25, -0.2) is 4.98 Å². The van der Waals surface area contributed by atoms with Gasteiger partial charge in [0.1, 0.15) is 11.4 Å². The van der Waals surface area contributed by atoms with Crippen molar-refractivity contribution in [3.63, 3.8) is 0 Å². The Morgan fingerprint density at radius 3 is 2.73 bits per heavy atom. The van der Waals surface area contributed by atoms with Gasteiger partial charge in [-0.3, -0.25) is 4.79 Å². The summed E-state index contributed by atoms with van der Waals surface area (Å²) in [7, 11) is 3.12. The summed E-state index contributed by atoms with van der Waals surface area (Å²) in [5, 5.41) is 4.28. The molecule has 3 rings (SSSR count). The predicted octanol–water partition coefficient (Wildman–Crippen LogP) is 3.74. The van der Waals surface area contributed by atoms with E-state index in [4.69, 9.17) is 21.1 Å². The molecule has 1 N–H and O–H groups in total. The molecule has 1 amide bonds. The molecule has 0 saturated carbocycles. The van der Waals surface area contributed by atoms with Gasteiger partial charge in [0, 0.05) is 18.7 Å². The van der Waals surface area contributed by atoms with Gasteiger partial charge in [0.25, 0.3) is 5.91 Å². The molecule has 0 unspecified atom stereocenters. The van der Waals surface area contributed by atoms with Gasteiger partial charge in [-0.15, -0.1) is 11.3 Å². The Bertz CT molecular complexity index is 958. The molecule has 26 heavy (non-hydrogen) atoms. The summed E-state index contributed by atoms with van der Waals surface area (Å²) in [6.07, 6.45) is 0. The van der Waals surface area contributed by atoms with Gasteiger partial charge < -0.3 is 14.8 Å². The van der Waals surface area contributed by atoms with Crippen molar-refractivity contribution in [2.24, 2.45) is 0 Å². The number of methoxy groups -OCH3 is 2. The lowest BCUT2D eigenvalue weighted by Gasteiger charge is -2.06. The normalized spacial score (nSPS) is 10.9. The highest BCUT2D eigenvalue weighted by atomic mass is 35.5. The number of carbonyl (C=O) groups is 1. The summed E-state index contributed by atoms with van der Waals surface area (Å²) in [5.74, 6) is 0.780. The van der Waals surface area contributed by atoms with Crippen LogP contribution in [0.5, 0.6) is 5.88 Å². The van der Waals surface area contributed by atoms with Crippen LogP contribution < -0.4 is 10.1 Å². The first-order valence-corrected chi connectivity index (χ1v) is 9.09. The number of aromatic nitrogens is 2.